The van der Waals surface area contributed by atoms with Gasteiger partial charge in [0.2, 0.25) is 5.91 Å². The monoisotopic (exact) mass is 137 g/mol. The van der Waals surface area contributed by atoms with Crippen molar-refractivity contribution in [1.82, 2.24) is 0 Å². The van der Waals surface area contributed by atoms with Gasteiger partial charge in [0.25, 0.3) is 0 Å². The normalized spacial score (nSPS) is 13.4. The van der Waals surface area contributed by atoms with Gasteiger partial charge in [-0.15, -0.1) is 11.7 Å². The first-order chi connectivity index (χ1) is 3.18. The highest BCUT2D eigenvalue weighted by molar-refractivity contribution is 8.69. The van der Waals surface area contributed by atoms with Crippen LogP contribution in [0, 0.1) is 0 Å². The molecule has 7 heavy (non-hydrogen) atoms. The van der Waals surface area contributed by atoms with Crippen molar-refractivity contribution in [2.45, 2.75) is 12.2 Å². The van der Waals surface area contributed by atoms with Crippen LogP contribution in [0.4, 0.5) is 0 Å². The molecule has 0 rings (SSSR count). The third-order valence-corrected chi connectivity index (χ3v) is 2.06. The van der Waals surface area contributed by atoms with Gasteiger partial charge in [-0.3, -0.25) is 4.79 Å². The van der Waals surface area contributed by atoms with Crippen LogP contribution in [0.3, 0.4) is 0 Å². The minimum Gasteiger partial charge on any atom is -0.369 e. The maximum Gasteiger partial charge on any atom is 0.231 e. The molecule has 0 aliphatic carbocycles. The van der Waals surface area contributed by atoms with Crippen LogP contribution >= 0.6 is 22.5 Å². The highest BCUT2D eigenvalue weighted by atomic mass is 33.1. The summed E-state index contributed by atoms with van der Waals surface area (Å²) in [6.07, 6.45) is 0. The van der Waals surface area contributed by atoms with Gasteiger partial charge in [-0.25, -0.2) is 0 Å². The first-order valence-corrected chi connectivity index (χ1v) is 3.71. The molecule has 0 spiro atoms. The summed E-state index contributed by atoms with van der Waals surface area (Å²) in [5, 5.41) is -0.177. The van der Waals surface area contributed by atoms with E-state index in [2.05, 4.69) is 11.7 Å². The van der Waals surface area contributed by atoms with E-state index in [1.54, 1.807) is 6.92 Å². The molecule has 0 fully saturated rings. The quantitative estimate of drug-likeness (QED) is 0.428. The zero-order chi connectivity index (χ0) is 5.86. The van der Waals surface area contributed by atoms with E-state index < -0.39 is 0 Å². The minimum absolute atomic E-state index is 0.177. The van der Waals surface area contributed by atoms with E-state index in [9.17, 15) is 4.79 Å². The minimum atomic E-state index is -0.319. The Balaban J connectivity index is 3.34. The molecule has 1 amide bonds. The average Bonchev–Trinajstić information content (AvgIpc) is 1.65. The molecule has 0 aliphatic heterocycles. The molecule has 0 radical (unpaired) electrons. The Bertz CT molecular complexity index is 75.3. The van der Waals surface area contributed by atoms with Crippen LogP contribution in [0.5, 0.6) is 0 Å². The number of primary amides is 1. The number of rotatable bonds is 2. The van der Waals surface area contributed by atoms with Crippen molar-refractivity contribution < 1.29 is 4.79 Å². The Morgan fingerprint density at radius 2 is 2.43 bits per heavy atom. The molecule has 0 aromatic rings. The Morgan fingerprint density at radius 1 is 2.00 bits per heavy atom. The number of nitrogens with two attached hydrogens (primary N) is 1. The van der Waals surface area contributed by atoms with Gasteiger partial charge in [0, 0.05) is 0 Å². The third-order valence-electron chi connectivity index (χ3n) is 0.559. The molecule has 4 heteroatoms. The van der Waals surface area contributed by atoms with Crippen LogP contribution in [0.15, 0.2) is 0 Å². The first kappa shape index (κ1) is 7.17. The Labute approximate surface area is 51.6 Å². The van der Waals surface area contributed by atoms with Crippen LogP contribution in [-0.2, 0) is 4.79 Å². The molecule has 0 bridgehead atoms. The zero-order valence-electron chi connectivity index (χ0n) is 3.92. The number of carbonyl (C=O) groups is 1. The van der Waals surface area contributed by atoms with Gasteiger partial charge in [0.15, 0.2) is 0 Å². The molecule has 1 unspecified atom stereocenters. The summed E-state index contributed by atoms with van der Waals surface area (Å²) < 4.78 is 0. The van der Waals surface area contributed by atoms with Gasteiger partial charge in [0.05, 0.1) is 5.25 Å². The van der Waals surface area contributed by atoms with Crippen LogP contribution in [0.1, 0.15) is 6.92 Å². The van der Waals surface area contributed by atoms with Gasteiger partial charge < -0.3 is 5.73 Å². The van der Waals surface area contributed by atoms with Crippen molar-refractivity contribution in [3.8, 4) is 0 Å². The largest absolute Gasteiger partial charge is 0.369 e. The fourth-order valence-corrected chi connectivity index (χ4v) is 0.468. The lowest BCUT2D eigenvalue weighted by Gasteiger charge is -1.96. The Morgan fingerprint density at radius 3 is 2.43 bits per heavy atom. The summed E-state index contributed by atoms with van der Waals surface area (Å²) >= 11 is 3.77. The fourth-order valence-electron chi connectivity index (χ4n) is 0.0519. The molecular formula is C3H7NOS2. The lowest BCUT2D eigenvalue weighted by atomic mass is 10.5. The Hall–Kier alpha value is 0.170. The van der Waals surface area contributed by atoms with Gasteiger partial charge >= 0.3 is 0 Å². The van der Waals surface area contributed by atoms with Crippen molar-refractivity contribution in [3.63, 3.8) is 0 Å². The predicted molar refractivity (Wildman–Crippen MR) is 35.2 cm³/mol. The first-order valence-electron chi connectivity index (χ1n) is 1.78. The van der Waals surface area contributed by atoms with E-state index in [0.717, 1.165) is 10.8 Å². The maximum atomic E-state index is 10.1. The number of hydrogen-bond acceptors (Lipinski definition) is 3. The lowest BCUT2D eigenvalue weighted by molar-refractivity contribution is -0.117. The van der Waals surface area contributed by atoms with Crippen molar-refractivity contribution in [2.75, 3.05) is 0 Å². The molecule has 2 N–H and O–H groups in total. The predicted octanol–water partition coefficient (Wildman–Crippen LogP) is 0.438. The SMILES string of the molecule is CC(SS)C(N)=O. The zero-order valence-corrected chi connectivity index (χ0v) is 5.63. The number of thiol groups is 1. The molecule has 2 nitrogen and oxygen atoms in total. The molecule has 0 aliphatic rings. The highest BCUT2D eigenvalue weighted by Gasteiger charge is 2.04. The summed E-state index contributed by atoms with van der Waals surface area (Å²) in [5.74, 6) is -0.319. The second-order valence-electron chi connectivity index (χ2n) is 1.15. The Kier molecular flexibility index (Phi) is 3.29. The van der Waals surface area contributed by atoms with E-state index in [0.29, 0.717) is 0 Å². The van der Waals surface area contributed by atoms with E-state index in [1.165, 1.54) is 0 Å². The summed E-state index contributed by atoms with van der Waals surface area (Å²) in [7, 11) is 1.15. The van der Waals surface area contributed by atoms with E-state index in [4.69, 9.17) is 5.73 Å². The smallest absolute Gasteiger partial charge is 0.231 e. The molecule has 0 aromatic carbocycles. The van der Waals surface area contributed by atoms with E-state index in [1.807, 2.05) is 0 Å². The van der Waals surface area contributed by atoms with Gasteiger partial charge in [-0.05, 0) is 6.92 Å². The van der Waals surface area contributed by atoms with E-state index in [-0.39, 0.29) is 11.2 Å². The van der Waals surface area contributed by atoms with E-state index >= 15 is 0 Å². The lowest BCUT2D eigenvalue weighted by Crippen LogP contribution is -2.21. The van der Waals surface area contributed by atoms with Crippen molar-refractivity contribution in [1.29, 1.82) is 0 Å². The fraction of sp³-hybridized carbons (Fsp3) is 0.667. The van der Waals surface area contributed by atoms with Crippen molar-refractivity contribution >= 4 is 28.4 Å². The molecule has 42 valence electrons. The van der Waals surface area contributed by atoms with Crippen molar-refractivity contribution in [2.24, 2.45) is 5.73 Å². The van der Waals surface area contributed by atoms with Crippen LogP contribution in [-0.4, -0.2) is 11.2 Å². The second kappa shape index (κ2) is 3.21. The average molecular weight is 137 g/mol. The van der Waals surface area contributed by atoms with Gasteiger partial charge in [-0.2, -0.15) is 0 Å². The summed E-state index contributed by atoms with van der Waals surface area (Å²) in [5.41, 5.74) is 4.84. The summed E-state index contributed by atoms with van der Waals surface area (Å²) in [4.78, 5) is 10.1. The summed E-state index contributed by atoms with van der Waals surface area (Å²) in [6.45, 7) is 1.71. The maximum absolute atomic E-state index is 10.1. The van der Waals surface area contributed by atoms with Crippen LogP contribution in [0.25, 0.3) is 0 Å². The highest BCUT2D eigenvalue weighted by Crippen LogP contribution is 2.12. The molecule has 0 aromatic heterocycles. The van der Waals surface area contributed by atoms with Crippen LogP contribution in [0.2, 0.25) is 0 Å². The van der Waals surface area contributed by atoms with Gasteiger partial charge in [-0.1, -0.05) is 10.8 Å². The second-order valence-corrected chi connectivity index (χ2v) is 2.70. The number of amides is 1. The molecule has 1 atom stereocenters. The van der Waals surface area contributed by atoms with Gasteiger partial charge in [0.1, 0.15) is 0 Å². The summed E-state index contributed by atoms with van der Waals surface area (Å²) in [6, 6.07) is 0. The van der Waals surface area contributed by atoms with Crippen LogP contribution < -0.4 is 5.73 Å². The molecule has 0 heterocycles. The molecule has 0 saturated carbocycles. The topological polar surface area (TPSA) is 43.1 Å². The number of hydrogen-bond donors (Lipinski definition) is 2. The van der Waals surface area contributed by atoms with Crippen molar-refractivity contribution in [3.05, 3.63) is 0 Å². The number of carbonyl (C=O) groups excluding carboxylic acids is 1. The standard InChI is InChI=1S/C3H7NOS2/c1-2(7-6)3(4)5/h2,6H,1H3,(H2,4,5). The third kappa shape index (κ3) is 2.82. The molecule has 0 saturated heterocycles. The molecular weight excluding hydrogens is 130 g/mol.